The zero-order valence-corrected chi connectivity index (χ0v) is 12.5. The molecule has 102 valence electrons. The third kappa shape index (κ3) is 2.28. The monoisotopic (exact) mass is 305 g/mol. The number of pyridine rings is 1. The number of fused-ring (bicyclic) bond motifs is 1. The van der Waals surface area contributed by atoms with Crippen LogP contribution in [0, 0.1) is 6.92 Å². The summed E-state index contributed by atoms with van der Waals surface area (Å²) < 4.78 is 2.07. The van der Waals surface area contributed by atoms with Gasteiger partial charge in [0.15, 0.2) is 0 Å². The Morgan fingerprint density at radius 1 is 1.20 bits per heavy atom. The van der Waals surface area contributed by atoms with Gasteiger partial charge in [0.25, 0.3) is 0 Å². The predicted octanol–water partition coefficient (Wildman–Crippen LogP) is 4.18. The first kappa shape index (κ1) is 13.4. The van der Waals surface area contributed by atoms with Gasteiger partial charge in [-0.25, -0.2) is 4.98 Å². The summed E-state index contributed by atoms with van der Waals surface area (Å²) >= 11 is 12.2. The highest BCUT2D eigenvalue weighted by atomic mass is 35.5. The third-order valence-corrected chi connectivity index (χ3v) is 3.90. The zero-order chi connectivity index (χ0) is 14.1. The van der Waals surface area contributed by atoms with Gasteiger partial charge in [0.05, 0.1) is 28.7 Å². The molecule has 0 saturated heterocycles. The number of benzene rings is 1. The number of imidazole rings is 1. The molecular formula is C15H13Cl2N3. The highest BCUT2D eigenvalue weighted by molar-refractivity contribution is 6.35. The van der Waals surface area contributed by atoms with Gasteiger partial charge in [-0.2, -0.15) is 0 Å². The molecule has 2 aromatic heterocycles. The van der Waals surface area contributed by atoms with E-state index in [9.17, 15) is 0 Å². The number of nitrogens with zero attached hydrogens (tertiary/aromatic N) is 3. The van der Waals surface area contributed by atoms with Crippen molar-refractivity contribution in [3.63, 3.8) is 0 Å². The predicted molar refractivity (Wildman–Crippen MR) is 82.4 cm³/mol. The number of halogens is 2. The van der Waals surface area contributed by atoms with Gasteiger partial charge in [-0.15, -0.1) is 11.6 Å². The number of aromatic nitrogens is 3. The Labute approximate surface area is 127 Å². The molecule has 3 aromatic rings. The standard InChI is InChI=1S/C15H13Cl2N3/c1-10-4-3-7-18-12(10)9-20-13-6-2-5-11(17)15(13)19-14(20)8-16/h2-7H,8-9H2,1H3. The van der Waals surface area contributed by atoms with Crippen LogP contribution < -0.4 is 0 Å². The average Bonchev–Trinajstić information content (AvgIpc) is 2.81. The molecule has 1 aromatic carbocycles. The number of para-hydroxylation sites is 1. The summed E-state index contributed by atoms with van der Waals surface area (Å²) in [6, 6.07) is 9.75. The van der Waals surface area contributed by atoms with Gasteiger partial charge in [-0.05, 0) is 30.7 Å². The minimum atomic E-state index is 0.344. The lowest BCUT2D eigenvalue weighted by molar-refractivity contribution is 0.752. The van der Waals surface area contributed by atoms with Crippen LogP contribution in [0.15, 0.2) is 36.5 Å². The molecule has 0 radical (unpaired) electrons. The Bertz CT molecular complexity index is 765. The van der Waals surface area contributed by atoms with Crippen LogP contribution in [0.25, 0.3) is 11.0 Å². The van der Waals surface area contributed by atoms with E-state index in [1.54, 1.807) is 6.20 Å². The van der Waals surface area contributed by atoms with E-state index < -0.39 is 0 Å². The summed E-state index contributed by atoms with van der Waals surface area (Å²) in [6.45, 7) is 2.69. The molecule has 0 aliphatic heterocycles. The molecule has 3 nitrogen and oxygen atoms in total. The van der Waals surface area contributed by atoms with Crippen molar-refractivity contribution in [1.29, 1.82) is 0 Å². The molecule has 0 N–H and O–H groups in total. The highest BCUT2D eigenvalue weighted by Gasteiger charge is 2.13. The summed E-state index contributed by atoms with van der Waals surface area (Å²) in [5.41, 5.74) is 3.94. The fourth-order valence-electron chi connectivity index (χ4n) is 2.27. The second kappa shape index (κ2) is 5.43. The second-order valence-corrected chi connectivity index (χ2v) is 5.30. The van der Waals surface area contributed by atoms with Crippen LogP contribution in [-0.2, 0) is 12.4 Å². The molecule has 0 amide bonds. The van der Waals surface area contributed by atoms with Crippen molar-refractivity contribution >= 4 is 34.2 Å². The molecule has 0 bridgehead atoms. The van der Waals surface area contributed by atoms with Crippen molar-refractivity contribution in [2.75, 3.05) is 0 Å². The molecule has 20 heavy (non-hydrogen) atoms. The number of alkyl halides is 1. The fourth-order valence-corrected chi connectivity index (χ4v) is 2.69. The molecule has 0 unspecified atom stereocenters. The Kier molecular flexibility index (Phi) is 3.64. The topological polar surface area (TPSA) is 30.7 Å². The van der Waals surface area contributed by atoms with Gasteiger partial charge < -0.3 is 4.57 Å². The number of hydrogen-bond donors (Lipinski definition) is 0. The minimum Gasteiger partial charge on any atom is -0.321 e. The lowest BCUT2D eigenvalue weighted by Crippen LogP contribution is -2.06. The average molecular weight is 306 g/mol. The molecule has 0 aliphatic carbocycles. The summed E-state index contributed by atoms with van der Waals surface area (Å²) in [6.07, 6.45) is 1.80. The molecule has 0 spiro atoms. The van der Waals surface area contributed by atoms with Gasteiger partial charge in [0, 0.05) is 6.20 Å². The lowest BCUT2D eigenvalue weighted by Gasteiger charge is -2.09. The van der Waals surface area contributed by atoms with Crippen molar-refractivity contribution in [3.8, 4) is 0 Å². The minimum absolute atomic E-state index is 0.344. The summed E-state index contributed by atoms with van der Waals surface area (Å²) in [4.78, 5) is 8.96. The fraction of sp³-hybridized carbons (Fsp3) is 0.200. The summed E-state index contributed by atoms with van der Waals surface area (Å²) in [7, 11) is 0. The van der Waals surface area contributed by atoms with Gasteiger partial charge in [0.2, 0.25) is 0 Å². The van der Waals surface area contributed by atoms with Crippen LogP contribution in [0.5, 0.6) is 0 Å². The Morgan fingerprint density at radius 2 is 2.05 bits per heavy atom. The lowest BCUT2D eigenvalue weighted by atomic mass is 10.2. The Morgan fingerprint density at radius 3 is 2.80 bits per heavy atom. The first-order valence-electron chi connectivity index (χ1n) is 6.31. The van der Waals surface area contributed by atoms with Crippen molar-refractivity contribution in [1.82, 2.24) is 14.5 Å². The quantitative estimate of drug-likeness (QED) is 0.680. The van der Waals surface area contributed by atoms with Gasteiger partial charge >= 0.3 is 0 Å². The molecule has 0 fully saturated rings. The molecule has 3 rings (SSSR count). The van der Waals surface area contributed by atoms with E-state index in [1.807, 2.05) is 24.3 Å². The van der Waals surface area contributed by atoms with E-state index in [-0.39, 0.29) is 0 Å². The van der Waals surface area contributed by atoms with Gasteiger partial charge in [0.1, 0.15) is 11.3 Å². The molecule has 2 heterocycles. The Balaban J connectivity index is 2.15. The van der Waals surface area contributed by atoms with E-state index in [0.717, 1.165) is 28.1 Å². The van der Waals surface area contributed by atoms with Crippen molar-refractivity contribution in [2.45, 2.75) is 19.3 Å². The third-order valence-electron chi connectivity index (χ3n) is 3.35. The van der Waals surface area contributed by atoms with Crippen LogP contribution in [0.1, 0.15) is 17.1 Å². The normalized spacial score (nSPS) is 11.2. The SMILES string of the molecule is Cc1cccnc1Cn1c(CCl)nc2c(Cl)cccc21. The zero-order valence-electron chi connectivity index (χ0n) is 11.0. The number of hydrogen-bond acceptors (Lipinski definition) is 2. The van der Waals surface area contributed by atoms with E-state index in [2.05, 4.69) is 27.5 Å². The van der Waals surface area contributed by atoms with Crippen molar-refractivity contribution in [3.05, 3.63) is 58.6 Å². The summed E-state index contributed by atoms with van der Waals surface area (Å²) in [5, 5.41) is 0.644. The molecule has 0 aliphatic rings. The second-order valence-electron chi connectivity index (χ2n) is 4.62. The summed E-state index contributed by atoms with van der Waals surface area (Å²) in [5.74, 6) is 1.15. The maximum absolute atomic E-state index is 6.20. The number of aryl methyl sites for hydroxylation is 1. The first-order valence-corrected chi connectivity index (χ1v) is 7.22. The van der Waals surface area contributed by atoms with Crippen LogP contribution in [0.4, 0.5) is 0 Å². The van der Waals surface area contributed by atoms with E-state index >= 15 is 0 Å². The molecular weight excluding hydrogens is 293 g/mol. The number of rotatable bonds is 3. The maximum Gasteiger partial charge on any atom is 0.125 e. The van der Waals surface area contributed by atoms with Crippen LogP contribution in [-0.4, -0.2) is 14.5 Å². The van der Waals surface area contributed by atoms with Crippen LogP contribution in [0.2, 0.25) is 5.02 Å². The van der Waals surface area contributed by atoms with Gasteiger partial charge in [-0.1, -0.05) is 23.7 Å². The van der Waals surface area contributed by atoms with E-state index in [4.69, 9.17) is 23.2 Å². The molecule has 5 heteroatoms. The van der Waals surface area contributed by atoms with Crippen LogP contribution in [0.3, 0.4) is 0 Å². The van der Waals surface area contributed by atoms with Gasteiger partial charge in [-0.3, -0.25) is 4.98 Å². The molecule has 0 saturated carbocycles. The highest BCUT2D eigenvalue weighted by Crippen LogP contribution is 2.25. The van der Waals surface area contributed by atoms with E-state index in [1.165, 1.54) is 0 Å². The molecule has 0 atom stereocenters. The van der Waals surface area contributed by atoms with Crippen LogP contribution >= 0.6 is 23.2 Å². The largest absolute Gasteiger partial charge is 0.321 e. The smallest absolute Gasteiger partial charge is 0.125 e. The van der Waals surface area contributed by atoms with E-state index in [0.29, 0.717) is 17.4 Å². The Hall–Kier alpha value is -1.58. The van der Waals surface area contributed by atoms with Crippen molar-refractivity contribution < 1.29 is 0 Å². The maximum atomic E-state index is 6.20. The first-order chi connectivity index (χ1) is 9.70. The van der Waals surface area contributed by atoms with Crippen molar-refractivity contribution in [2.24, 2.45) is 0 Å².